The van der Waals surface area contributed by atoms with Crippen molar-refractivity contribution in [2.24, 2.45) is 0 Å². The number of hydrogen-bond donors (Lipinski definition) is 3. The highest BCUT2D eigenvalue weighted by Crippen LogP contribution is 2.15. The molecule has 0 aliphatic carbocycles. The molecule has 1 amide bonds. The Labute approximate surface area is 151 Å². The summed E-state index contributed by atoms with van der Waals surface area (Å²) in [6.07, 6.45) is 0. The monoisotopic (exact) mass is 373 g/mol. The first-order valence-electron chi connectivity index (χ1n) is 7.99. The van der Waals surface area contributed by atoms with Gasteiger partial charge < -0.3 is 15.0 Å². The first-order chi connectivity index (χ1) is 12.5. The molecule has 7 nitrogen and oxygen atoms in total. The molecule has 0 saturated heterocycles. The highest BCUT2D eigenvalue weighted by Gasteiger charge is 2.14. The number of amides is 1. The first kappa shape index (κ1) is 18.0. The molecule has 0 bridgehead atoms. The van der Waals surface area contributed by atoms with Crippen LogP contribution in [0.2, 0.25) is 0 Å². The van der Waals surface area contributed by atoms with Crippen LogP contribution in [0.15, 0.2) is 59.5 Å². The van der Waals surface area contributed by atoms with Crippen LogP contribution in [0.3, 0.4) is 0 Å². The van der Waals surface area contributed by atoms with Crippen molar-refractivity contribution in [1.29, 1.82) is 0 Å². The van der Waals surface area contributed by atoms with Gasteiger partial charge in [-0.25, -0.2) is 13.1 Å². The zero-order chi connectivity index (χ0) is 18.6. The number of carbonyl (C=O) groups excluding carboxylic acids is 1. The molecule has 0 radical (unpaired) electrons. The maximum atomic E-state index is 12.2. The van der Waals surface area contributed by atoms with Crippen molar-refractivity contribution < 1.29 is 17.9 Å². The van der Waals surface area contributed by atoms with E-state index in [4.69, 9.17) is 4.74 Å². The summed E-state index contributed by atoms with van der Waals surface area (Å²) in [5.74, 6) is 0.291. The molecule has 0 atom stereocenters. The summed E-state index contributed by atoms with van der Waals surface area (Å²) in [7, 11) is -2.12. The van der Waals surface area contributed by atoms with E-state index in [9.17, 15) is 13.2 Å². The molecule has 0 unspecified atom stereocenters. The number of aromatic nitrogens is 1. The van der Waals surface area contributed by atoms with Crippen molar-refractivity contribution in [3.63, 3.8) is 0 Å². The second-order valence-electron chi connectivity index (χ2n) is 5.60. The number of carbonyl (C=O) groups is 1. The third-order valence-electron chi connectivity index (χ3n) is 3.85. The SMILES string of the molecule is COc1ccc(S(=O)(=O)NCCNC(=O)c2cc3ccccc3[nH]2)cc1. The quantitative estimate of drug-likeness (QED) is 0.551. The lowest BCUT2D eigenvalue weighted by molar-refractivity contribution is 0.0950. The molecule has 0 saturated carbocycles. The average Bonchev–Trinajstić information content (AvgIpc) is 3.09. The van der Waals surface area contributed by atoms with E-state index >= 15 is 0 Å². The molecule has 1 heterocycles. The number of benzene rings is 2. The number of rotatable bonds is 7. The zero-order valence-corrected chi connectivity index (χ0v) is 15.0. The number of fused-ring (bicyclic) bond motifs is 1. The van der Waals surface area contributed by atoms with Crippen LogP contribution in [0.25, 0.3) is 10.9 Å². The minimum Gasteiger partial charge on any atom is -0.497 e. The van der Waals surface area contributed by atoms with Crippen molar-refractivity contribution in [2.75, 3.05) is 20.2 Å². The van der Waals surface area contributed by atoms with Crippen molar-refractivity contribution in [3.05, 3.63) is 60.3 Å². The molecule has 0 spiro atoms. The summed E-state index contributed by atoms with van der Waals surface area (Å²) in [6, 6.07) is 15.4. The number of aromatic amines is 1. The fourth-order valence-electron chi connectivity index (χ4n) is 2.49. The molecule has 0 aliphatic heterocycles. The van der Waals surface area contributed by atoms with Crippen LogP contribution in [-0.2, 0) is 10.0 Å². The van der Waals surface area contributed by atoms with Gasteiger partial charge in [-0.3, -0.25) is 4.79 Å². The van der Waals surface area contributed by atoms with Gasteiger partial charge in [0.1, 0.15) is 11.4 Å². The topological polar surface area (TPSA) is 100 Å². The second-order valence-corrected chi connectivity index (χ2v) is 7.37. The fourth-order valence-corrected chi connectivity index (χ4v) is 3.52. The Morgan fingerprint density at radius 3 is 2.50 bits per heavy atom. The van der Waals surface area contributed by atoms with Gasteiger partial charge in [0, 0.05) is 24.0 Å². The molecule has 8 heteroatoms. The van der Waals surface area contributed by atoms with Gasteiger partial charge in [-0.2, -0.15) is 0 Å². The maximum absolute atomic E-state index is 12.2. The standard InChI is InChI=1S/C18H19N3O4S/c1-25-14-6-8-15(9-7-14)26(23,24)20-11-10-19-18(22)17-12-13-4-2-3-5-16(13)21-17/h2-9,12,20-21H,10-11H2,1H3,(H,19,22). The van der Waals surface area contributed by atoms with Crippen molar-refractivity contribution in [3.8, 4) is 5.75 Å². The highest BCUT2D eigenvalue weighted by molar-refractivity contribution is 7.89. The predicted octanol–water partition coefficient (Wildman–Crippen LogP) is 1.88. The molecule has 136 valence electrons. The smallest absolute Gasteiger partial charge is 0.267 e. The van der Waals surface area contributed by atoms with Gasteiger partial charge in [-0.05, 0) is 36.4 Å². The van der Waals surface area contributed by atoms with E-state index in [1.54, 1.807) is 18.2 Å². The minimum absolute atomic E-state index is 0.0837. The Morgan fingerprint density at radius 1 is 1.08 bits per heavy atom. The van der Waals surface area contributed by atoms with Crippen molar-refractivity contribution in [1.82, 2.24) is 15.0 Å². The largest absolute Gasteiger partial charge is 0.497 e. The Bertz CT molecular complexity index is 977. The Hall–Kier alpha value is -2.84. The molecular weight excluding hydrogens is 354 g/mol. The second kappa shape index (κ2) is 7.59. The number of hydrogen-bond acceptors (Lipinski definition) is 4. The van der Waals surface area contributed by atoms with Crippen LogP contribution in [0.1, 0.15) is 10.5 Å². The lowest BCUT2D eigenvalue weighted by atomic mass is 10.2. The number of ether oxygens (including phenoxy) is 1. The van der Waals surface area contributed by atoms with Crippen LogP contribution in [0, 0.1) is 0 Å². The van der Waals surface area contributed by atoms with Gasteiger partial charge in [-0.1, -0.05) is 18.2 Å². The zero-order valence-electron chi connectivity index (χ0n) is 14.2. The summed E-state index contributed by atoms with van der Waals surface area (Å²) in [4.78, 5) is 15.3. The number of para-hydroxylation sites is 1. The Balaban J connectivity index is 1.53. The fraction of sp³-hybridized carbons (Fsp3) is 0.167. The Kier molecular flexibility index (Phi) is 5.24. The van der Waals surface area contributed by atoms with Crippen LogP contribution in [-0.4, -0.2) is 39.5 Å². The van der Waals surface area contributed by atoms with E-state index in [2.05, 4.69) is 15.0 Å². The number of methoxy groups -OCH3 is 1. The molecule has 26 heavy (non-hydrogen) atoms. The molecule has 3 aromatic rings. The van der Waals surface area contributed by atoms with Crippen molar-refractivity contribution >= 4 is 26.8 Å². The Morgan fingerprint density at radius 2 is 1.81 bits per heavy atom. The normalized spacial score (nSPS) is 11.4. The van der Waals surface area contributed by atoms with Crippen LogP contribution < -0.4 is 14.8 Å². The summed E-state index contributed by atoms with van der Waals surface area (Å²) < 4.78 is 31.8. The van der Waals surface area contributed by atoms with E-state index in [0.29, 0.717) is 11.4 Å². The van der Waals surface area contributed by atoms with E-state index in [-0.39, 0.29) is 23.9 Å². The van der Waals surface area contributed by atoms with Gasteiger partial charge in [0.15, 0.2) is 0 Å². The third-order valence-corrected chi connectivity index (χ3v) is 5.32. The van der Waals surface area contributed by atoms with Gasteiger partial charge in [-0.15, -0.1) is 0 Å². The van der Waals surface area contributed by atoms with E-state index in [0.717, 1.165) is 10.9 Å². The molecular formula is C18H19N3O4S. The van der Waals surface area contributed by atoms with E-state index < -0.39 is 10.0 Å². The third kappa shape index (κ3) is 4.04. The highest BCUT2D eigenvalue weighted by atomic mass is 32.2. The molecule has 2 aromatic carbocycles. The minimum atomic E-state index is -3.63. The number of nitrogens with one attached hydrogen (secondary N) is 3. The van der Waals surface area contributed by atoms with Gasteiger partial charge in [0.25, 0.3) is 5.91 Å². The van der Waals surface area contributed by atoms with E-state index in [1.807, 2.05) is 24.3 Å². The first-order valence-corrected chi connectivity index (χ1v) is 9.47. The summed E-state index contributed by atoms with van der Waals surface area (Å²) in [6.45, 7) is 0.254. The predicted molar refractivity (Wildman–Crippen MR) is 98.8 cm³/mol. The van der Waals surface area contributed by atoms with Gasteiger partial charge in [0.05, 0.1) is 12.0 Å². The molecule has 0 aliphatic rings. The van der Waals surface area contributed by atoms with Gasteiger partial charge in [0.2, 0.25) is 10.0 Å². The van der Waals surface area contributed by atoms with Crippen LogP contribution >= 0.6 is 0 Å². The maximum Gasteiger partial charge on any atom is 0.267 e. The molecule has 3 rings (SSSR count). The number of H-pyrrole nitrogens is 1. The summed E-state index contributed by atoms with van der Waals surface area (Å²) >= 11 is 0. The molecule has 3 N–H and O–H groups in total. The average molecular weight is 373 g/mol. The van der Waals surface area contributed by atoms with Gasteiger partial charge >= 0.3 is 0 Å². The lowest BCUT2D eigenvalue weighted by Crippen LogP contribution is -2.34. The summed E-state index contributed by atoms with van der Waals surface area (Å²) in [5.41, 5.74) is 1.31. The van der Waals surface area contributed by atoms with Crippen molar-refractivity contribution in [2.45, 2.75) is 4.90 Å². The van der Waals surface area contributed by atoms with Crippen LogP contribution in [0.5, 0.6) is 5.75 Å². The van der Waals surface area contributed by atoms with Crippen LogP contribution in [0.4, 0.5) is 0 Å². The van der Waals surface area contributed by atoms with E-state index in [1.165, 1.54) is 19.2 Å². The lowest BCUT2D eigenvalue weighted by Gasteiger charge is -2.08. The summed E-state index contributed by atoms with van der Waals surface area (Å²) in [5, 5.41) is 3.63. The molecule has 0 fully saturated rings. The number of sulfonamides is 1. The molecule has 1 aromatic heterocycles.